The molecule has 9 heteroatoms. The lowest BCUT2D eigenvalue weighted by molar-refractivity contribution is -0.112. The van der Waals surface area contributed by atoms with E-state index in [4.69, 9.17) is 0 Å². The van der Waals surface area contributed by atoms with Gasteiger partial charge in [0.2, 0.25) is 0 Å². The first-order valence-corrected chi connectivity index (χ1v) is 12.2. The average Bonchev–Trinajstić information content (AvgIpc) is 3.22. The molecule has 1 fully saturated rings. The molecule has 0 bridgehead atoms. The van der Waals surface area contributed by atoms with Gasteiger partial charge in [-0.05, 0) is 48.4 Å². The third-order valence-corrected chi connectivity index (χ3v) is 7.44. The van der Waals surface area contributed by atoms with Crippen molar-refractivity contribution in [2.75, 3.05) is 0 Å². The van der Waals surface area contributed by atoms with Crippen molar-refractivity contribution in [1.29, 1.82) is 0 Å². The molecule has 1 aliphatic heterocycles. The zero-order valence-corrected chi connectivity index (χ0v) is 21.0. The Morgan fingerprint density at radius 1 is 0.842 bits per heavy atom. The van der Waals surface area contributed by atoms with E-state index in [2.05, 4.69) is 26.4 Å². The molecular weight excluding hydrogens is 478 g/mol. The molecule has 2 aromatic carbocycles. The SMILES string of the molecule is Cn1cc(-c2ccc(-c3ccc4ncc5c(c4c3)n(-c3ccc(C4(C)NC4=O)cc3)c(=O)n5C)cn2)cn1. The second-order valence-electron chi connectivity index (χ2n) is 9.86. The highest BCUT2D eigenvalue weighted by Crippen LogP contribution is 2.33. The number of amides is 1. The molecule has 0 radical (unpaired) electrons. The van der Waals surface area contributed by atoms with E-state index in [-0.39, 0.29) is 11.6 Å². The van der Waals surface area contributed by atoms with Crippen molar-refractivity contribution in [2.45, 2.75) is 12.5 Å². The van der Waals surface area contributed by atoms with Crippen molar-refractivity contribution in [3.8, 4) is 28.1 Å². The number of hydrogen-bond donors (Lipinski definition) is 1. The maximum atomic E-state index is 13.4. The van der Waals surface area contributed by atoms with Crippen LogP contribution in [0.15, 0.2) is 84.2 Å². The number of nitrogens with zero attached hydrogens (tertiary/aromatic N) is 6. The number of imidazole rings is 1. The predicted molar refractivity (Wildman–Crippen MR) is 145 cm³/mol. The summed E-state index contributed by atoms with van der Waals surface area (Å²) in [6.07, 6.45) is 7.31. The largest absolute Gasteiger partial charge is 0.336 e. The summed E-state index contributed by atoms with van der Waals surface area (Å²) in [5.41, 5.74) is 6.83. The quantitative estimate of drug-likeness (QED) is 0.371. The summed E-state index contributed by atoms with van der Waals surface area (Å²) < 4.78 is 5.07. The molecule has 1 aliphatic rings. The molecule has 186 valence electrons. The van der Waals surface area contributed by atoms with Crippen LogP contribution in [-0.4, -0.2) is 34.8 Å². The summed E-state index contributed by atoms with van der Waals surface area (Å²) in [4.78, 5) is 34.5. The Bertz CT molecular complexity index is 1960. The molecule has 0 spiro atoms. The van der Waals surface area contributed by atoms with E-state index in [1.54, 1.807) is 33.3 Å². The molecule has 1 unspecified atom stereocenters. The third kappa shape index (κ3) is 3.21. The van der Waals surface area contributed by atoms with Crippen molar-refractivity contribution >= 4 is 27.8 Å². The highest BCUT2D eigenvalue weighted by Gasteiger charge is 2.50. The second kappa shape index (κ2) is 7.72. The van der Waals surface area contributed by atoms with Crippen molar-refractivity contribution in [3.63, 3.8) is 0 Å². The minimum absolute atomic E-state index is 0.000123. The van der Waals surface area contributed by atoms with Crippen molar-refractivity contribution < 1.29 is 4.79 Å². The van der Waals surface area contributed by atoms with E-state index in [1.807, 2.05) is 74.9 Å². The van der Waals surface area contributed by atoms with Crippen LogP contribution in [0.3, 0.4) is 0 Å². The molecule has 1 atom stereocenters. The molecule has 0 aliphatic carbocycles. The van der Waals surface area contributed by atoms with Crippen LogP contribution in [0.4, 0.5) is 0 Å². The number of carbonyl (C=O) groups is 1. The van der Waals surface area contributed by atoms with Gasteiger partial charge in [0.15, 0.2) is 0 Å². The normalized spacial score (nSPS) is 16.8. The molecule has 5 heterocycles. The highest BCUT2D eigenvalue weighted by molar-refractivity contribution is 6.05. The lowest BCUT2D eigenvalue weighted by Crippen LogP contribution is -2.21. The number of aryl methyl sites for hydroxylation is 2. The number of aromatic nitrogens is 6. The van der Waals surface area contributed by atoms with E-state index in [1.165, 1.54) is 0 Å². The lowest BCUT2D eigenvalue weighted by atomic mass is 10.0. The van der Waals surface area contributed by atoms with E-state index >= 15 is 0 Å². The van der Waals surface area contributed by atoms with Crippen LogP contribution in [0.1, 0.15) is 12.5 Å². The van der Waals surface area contributed by atoms with E-state index in [9.17, 15) is 9.59 Å². The lowest BCUT2D eigenvalue weighted by Gasteiger charge is -2.10. The number of fused-ring (bicyclic) bond motifs is 3. The van der Waals surface area contributed by atoms with Gasteiger partial charge in [0, 0.05) is 43.0 Å². The summed E-state index contributed by atoms with van der Waals surface area (Å²) in [6, 6.07) is 17.6. The maximum absolute atomic E-state index is 13.4. The summed E-state index contributed by atoms with van der Waals surface area (Å²) in [5, 5.41) is 7.95. The number of carbonyl (C=O) groups excluding carboxylic acids is 1. The first-order chi connectivity index (χ1) is 18.3. The van der Waals surface area contributed by atoms with Gasteiger partial charge in [0.1, 0.15) is 5.54 Å². The average molecular weight is 502 g/mol. The topological polar surface area (TPSA) is 110 Å². The Morgan fingerprint density at radius 3 is 2.26 bits per heavy atom. The molecule has 9 nitrogen and oxygen atoms in total. The molecule has 38 heavy (non-hydrogen) atoms. The van der Waals surface area contributed by atoms with E-state index in [0.29, 0.717) is 0 Å². The Balaban J connectivity index is 1.37. The summed E-state index contributed by atoms with van der Waals surface area (Å²) in [6.45, 7) is 1.85. The van der Waals surface area contributed by atoms with Crippen LogP contribution in [0.2, 0.25) is 0 Å². The molecule has 7 rings (SSSR count). The summed E-state index contributed by atoms with van der Waals surface area (Å²) >= 11 is 0. The van der Waals surface area contributed by atoms with Gasteiger partial charge in [-0.25, -0.2) is 4.79 Å². The molecule has 1 N–H and O–H groups in total. The van der Waals surface area contributed by atoms with Gasteiger partial charge in [-0.2, -0.15) is 5.10 Å². The predicted octanol–water partition coefficient (Wildman–Crippen LogP) is 3.68. The minimum atomic E-state index is -0.644. The Kier molecular flexibility index (Phi) is 4.51. The molecule has 4 aromatic heterocycles. The monoisotopic (exact) mass is 501 g/mol. The van der Waals surface area contributed by atoms with Crippen LogP contribution in [-0.2, 0) is 24.4 Å². The summed E-state index contributed by atoms with van der Waals surface area (Å²) in [7, 11) is 3.63. The van der Waals surface area contributed by atoms with Crippen molar-refractivity contribution in [2.24, 2.45) is 14.1 Å². The summed E-state index contributed by atoms with van der Waals surface area (Å²) in [5.74, 6) is 0.000123. The van der Waals surface area contributed by atoms with Gasteiger partial charge in [0.05, 0.1) is 40.3 Å². The Hall–Kier alpha value is -5.05. The number of nitrogens with one attached hydrogen (secondary N) is 1. The van der Waals surface area contributed by atoms with Gasteiger partial charge in [-0.1, -0.05) is 24.3 Å². The number of pyridine rings is 2. The van der Waals surface area contributed by atoms with Crippen LogP contribution in [0, 0.1) is 0 Å². The zero-order chi connectivity index (χ0) is 26.2. The fraction of sp³-hybridized carbons (Fsp3) is 0.138. The fourth-order valence-electron chi connectivity index (χ4n) is 5.05. The van der Waals surface area contributed by atoms with Gasteiger partial charge in [-0.3, -0.25) is 28.6 Å². The van der Waals surface area contributed by atoms with Crippen LogP contribution in [0.25, 0.3) is 50.0 Å². The second-order valence-corrected chi connectivity index (χ2v) is 9.86. The van der Waals surface area contributed by atoms with Crippen molar-refractivity contribution in [3.05, 3.63) is 95.4 Å². The molecule has 1 amide bonds. The first kappa shape index (κ1) is 22.2. The number of hydrogen-bond acceptors (Lipinski definition) is 5. The highest BCUT2D eigenvalue weighted by atomic mass is 16.2. The smallest absolute Gasteiger partial charge is 0.333 e. The van der Waals surface area contributed by atoms with Gasteiger partial charge >= 0.3 is 5.69 Å². The molecule has 6 aromatic rings. The van der Waals surface area contributed by atoms with Gasteiger partial charge in [-0.15, -0.1) is 0 Å². The fourth-order valence-corrected chi connectivity index (χ4v) is 5.05. The first-order valence-electron chi connectivity index (χ1n) is 12.2. The molecular formula is C29H23N7O2. The number of rotatable bonds is 4. The van der Waals surface area contributed by atoms with E-state index < -0.39 is 5.54 Å². The van der Waals surface area contributed by atoms with Crippen molar-refractivity contribution in [1.82, 2.24) is 34.2 Å². The molecule has 0 saturated carbocycles. The Morgan fingerprint density at radius 2 is 1.61 bits per heavy atom. The van der Waals surface area contributed by atoms with Gasteiger partial charge in [0.25, 0.3) is 5.91 Å². The van der Waals surface area contributed by atoms with Crippen LogP contribution in [0.5, 0.6) is 0 Å². The zero-order valence-electron chi connectivity index (χ0n) is 21.0. The minimum Gasteiger partial charge on any atom is -0.336 e. The van der Waals surface area contributed by atoms with Gasteiger partial charge < -0.3 is 5.32 Å². The van der Waals surface area contributed by atoms with Crippen LogP contribution >= 0.6 is 0 Å². The Labute approximate surface area is 217 Å². The third-order valence-electron chi connectivity index (χ3n) is 7.44. The maximum Gasteiger partial charge on any atom is 0.333 e. The van der Waals surface area contributed by atoms with Crippen LogP contribution < -0.4 is 11.0 Å². The standard InChI is InChI=1S/C29H23N7O2/c1-29(27(37)33-29)20-6-8-21(9-7-20)36-26-22-12-17(4-11-24(22)31-15-25(26)35(3)28(36)38)18-5-10-23(30-13-18)19-14-32-34(2)16-19/h4-16H,1-3H3,(H,33,37). The van der Waals surface area contributed by atoms with E-state index in [0.717, 1.165) is 55.6 Å². The molecule has 1 saturated heterocycles. The number of benzene rings is 2.